The molecule has 0 atom stereocenters. The predicted molar refractivity (Wildman–Crippen MR) is 101 cm³/mol. The number of carbonyl (C=O) groups is 1. The van der Waals surface area contributed by atoms with Gasteiger partial charge < -0.3 is 9.64 Å². The van der Waals surface area contributed by atoms with E-state index in [1.807, 2.05) is 36.4 Å². The number of sulfone groups is 1. The van der Waals surface area contributed by atoms with E-state index in [0.717, 1.165) is 5.56 Å². The van der Waals surface area contributed by atoms with Crippen molar-refractivity contribution in [3.63, 3.8) is 0 Å². The Morgan fingerprint density at radius 2 is 1.77 bits per heavy atom. The molecule has 2 aromatic rings. The van der Waals surface area contributed by atoms with Crippen molar-refractivity contribution in [1.82, 2.24) is 4.90 Å². The maximum absolute atomic E-state index is 12.7. The number of ether oxygens (including phenoxy) is 1. The first kappa shape index (κ1) is 18.5. The fraction of sp³-hybridized carbons (Fsp3) is 0.350. The van der Waals surface area contributed by atoms with Crippen LogP contribution in [0, 0.1) is 0 Å². The predicted octanol–water partition coefficient (Wildman–Crippen LogP) is 2.91. The van der Waals surface area contributed by atoms with Crippen LogP contribution in [0.1, 0.15) is 28.8 Å². The second-order valence-electron chi connectivity index (χ2n) is 6.62. The van der Waals surface area contributed by atoms with Gasteiger partial charge in [0.1, 0.15) is 22.2 Å². The van der Waals surface area contributed by atoms with Gasteiger partial charge in [-0.05, 0) is 36.6 Å². The first-order valence-electron chi connectivity index (χ1n) is 8.68. The molecule has 26 heavy (non-hydrogen) atoms. The average molecular weight is 373 g/mol. The lowest BCUT2D eigenvalue weighted by Gasteiger charge is -2.31. The molecule has 0 spiro atoms. The largest absolute Gasteiger partial charge is 0.489 e. The van der Waals surface area contributed by atoms with Crippen LogP contribution in [0.2, 0.25) is 0 Å². The number of benzene rings is 2. The third-order valence-electron chi connectivity index (χ3n) is 4.66. The second kappa shape index (κ2) is 7.91. The Kier molecular flexibility index (Phi) is 5.61. The summed E-state index contributed by atoms with van der Waals surface area (Å²) in [6, 6.07) is 17.0. The van der Waals surface area contributed by atoms with Crippen LogP contribution in [0.3, 0.4) is 0 Å². The zero-order chi connectivity index (χ0) is 18.6. The Balaban J connectivity index is 1.62. The molecule has 138 valence electrons. The van der Waals surface area contributed by atoms with E-state index in [2.05, 4.69) is 0 Å². The van der Waals surface area contributed by atoms with Crippen molar-refractivity contribution in [1.29, 1.82) is 0 Å². The third kappa shape index (κ3) is 4.64. The number of rotatable bonds is 5. The van der Waals surface area contributed by atoms with E-state index in [1.165, 1.54) is 6.26 Å². The lowest BCUT2D eigenvalue weighted by Crippen LogP contribution is -2.42. The molecule has 0 radical (unpaired) electrons. The molecule has 0 saturated carbocycles. The molecule has 1 saturated heterocycles. The summed E-state index contributed by atoms with van der Waals surface area (Å²) in [5, 5.41) is -0.341. The van der Waals surface area contributed by atoms with Crippen LogP contribution in [0.4, 0.5) is 0 Å². The highest BCUT2D eigenvalue weighted by atomic mass is 32.2. The van der Waals surface area contributed by atoms with Gasteiger partial charge in [0, 0.05) is 24.9 Å². The van der Waals surface area contributed by atoms with Crippen LogP contribution in [0.25, 0.3) is 0 Å². The molecule has 0 N–H and O–H groups in total. The molecular weight excluding hydrogens is 350 g/mol. The number of piperidine rings is 1. The molecule has 0 aromatic heterocycles. The van der Waals surface area contributed by atoms with Gasteiger partial charge in [0.25, 0.3) is 5.91 Å². The summed E-state index contributed by atoms with van der Waals surface area (Å²) in [5.41, 5.74) is 1.63. The summed E-state index contributed by atoms with van der Waals surface area (Å²) in [6.45, 7) is 1.37. The lowest BCUT2D eigenvalue weighted by atomic mass is 10.1. The van der Waals surface area contributed by atoms with Crippen LogP contribution in [0.5, 0.6) is 5.75 Å². The smallest absolute Gasteiger partial charge is 0.253 e. The Bertz CT molecular complexity index is 856. The zero-order valence-electron chi connectivity index (χ0n) is 14.8. The minimum Gasteiger partial charge on any atom is -0.489 e. The number of likely N-dealkylation sites (tertiary alicyclic amines) is 1. The third-order valence-corrected chi connectivity index (χ3v) is 6.35. The van der Waals surface area contributed by atoms with Crippen molar-refractivity contribution >= 4 is 15.7 Å². The molecular formula is C20H23NO4S. The quantitative estimate of drug-likeness (QED) is 0.808. The van der Waals surface area contributed by atoms with Crippen molar-refractivity contribution in [2.75, 3.05) is 19.3 Å². The molecule has 1 fully saturated rings. The minimum absolute atomic E-state index is 0.0814. The summed E-state index contributed by atoms with van der Waals surface area (Å²) >= 11 is 0. The maximum atomic E-state index is 12.7. The summed E-state index contributed by atoms with van der Waals surface area (Å²) in [6.07, 6.45) is 2.26. The molecule has 0 aliphatic carbocycles. The second-order valence-corrected chi connectivity index (χ2v) is 8.95. The SMILES string of the molecule is CS(=O)(=O)C1CCN(C(=O)c2cccc(OCc3ccccc3)c2)CC1. The summed E-state index contributed by atoms with van der Waals surface area (Å²) in [5.74, 6) is 0.563. The van der Waals surface area contributed by atoms with E-state index in [-0.39, 0.29) is 11.2 Å². The van der Waals surface area contributed by atoms with Gasteiger partial charge in [-0.15, -0.1) is 0 Å². The normalized spacial score (nSPS) is 15.7. The maximum Gasteiger partial charge on any atom is 0.253 e. The molecule has 6 heteroatoms. The van der Waals surface area contributed by atoms with Crippen LogP contribution in [-0.4, -0.2) is 43.8 Å². The van der Waals surface area contributed by atoms with Crippen molar-refractivity contribution in [2.24, 2.45) is 0 Å². The minimum atomic E-state index is -3.04. The molecule has 2 aromatic carbocycles. The Hall–Kier alpha value is -2.34. The number of hydrogen-bond donors (Lipinski definition) is 0. The van der Waals surface area contributed by atoms with Crippen LogP contribution < -0.4 is 4.74 Å². The van der Waals surface area contributed by atoms with Crippen molar-refractivity contribution in [2.45, 2.75) is 24.7 Å². The number of hydrogen-bond acceptors (Lipinski definition) is 4. The summed E-state index contributed by atoms with van der Waals surface area (Å²) < 4.78 is 29.1. The van der Waals surface area contributed by atoms with E-state index < -0.39 is 9.84 Å². The Morgan fingerprint density at radius 3 is 2.42 bits per heavy atom. The van der Waals surface area contributed by atoms with Crippen molar-refractivity contribution in [3.05, 3.63) is 65.7 Å². The van der Waals surface area contributed by atoms with Gasteiger partial charge in [-0.1, -0.05) is 36.4 Å². The zero-order valence-corrected chi connectivity index (χ0v) is 15.6. The fourth-order valence-corrected chi connectivity index (χ4v) is 4.20. The molecule has 0 unspecified atom stereocenters. The van der Waals surface area contributed by atoms with Crippen LogP contribution in [-0.2, 0) is 16.4 Å². The highest BCUT2D eigenvalue weighted by Crippen LogP contribution is 2.21. The number of nitrogens with zero attached hydrogens (tertiary/aromatic N) is 1. The first-order chi connectivity index (χ1) is 12.4. The molecule has 1 heterocycles. The van der Waals surface area contributed by atoms with E-state index in [9.17, 15) is 13.2 Å². The van der Waals surface area contributed by atoms with Crippen LogP contribution in [0.15, 0.2) is 54.6 Å². The summed E-state index contributed by atoms with van der Waals surface area (Å²) in [4.78, 5) is 14.4. The lowest BCUT2D eigenvalue weighted by molar-refractivity contribution is 0.0725. The Morgan fingerprint density at radius 1 is 1.08 bits per heavy atom. The van der Waals surface area contributed by atoms with Gasteiger partial charge in [0.05, 0.1) is 5.25 Å². The van der Waals surface area contributed by atoms with E-state index >= 15 is 0 Å². The highest BCUT2D eigenvalue weighted by Gasteiger charge is 2.29. The first-order valence-corrected chi connectivity index (χ1v) is 10.6. The molecule has 1 amide bonds. The van der Waals surface area contributed by atoms with Gasteiger partial charge in [-0.3, -0.25) is 4.79 Å². The van der Waals surface area contributed by atoms with Gasteiger partial charge in [0.15, 0.2) is 0 Å². The molecule has 1 aliphatic heterocycles. The van der Waals surface area contributed by atoms with Gasteiger partial charge >= 0.3 is 0 Å². The van der Waals surface area contributed by atoms with E-state index in [0.29, 0.717) is 43.9 Å². The number of amides is 1. The highest BCUT2D eigenvalue weighted by molar-refractivity contribution is 7.91. The van der Waals surface area contributed by atoms with E-state index in [1.54, 1.807) is 23.1 Å². The topological polar surface area (TPSA) is 63.7 Å². The Labute approximate surface area is 154 Å². The molecule has 0 bridgehead atoms. The van der Waals surface area contributed by atoms with Gasteiger partial charge in [-0.25, -0.2) is 8.42 Å². The molecule has 3 rings (SSSR count). The van der Waals surface area contributed by atoms with Gasteiger partial charge in [-0.2, -0.15) is 0 Å². The molecule has 5 nitrogen and oxygen atoms in total. The number of carbonyl (C=O) groups excluding carboxylic acids is 1. The van der Waals surface area contributed by atoms with Crippen LogP contribution >= 0.6 is 0 Å². The monoisotopic (exact) mass is 373 g/mol. The molecule has 1 aliphatic rings. The van der Waals surface area contributed by atoms with Gasteiger partial charge in [0.2, 0.25) is 0 Å². The van der Waals surface area contributed by atoms with E-state index in [4.69, 9.17) is 4.74 Å². The van der Waals surface area contributed by atoms with Crippen molar-refractivity contribution in [3.8, 4) is 5.75 Å². The van der Waals surface area contributed by atoms with Crippen molar-refractivity contribution < 1.29 is 17.9 Å². The fourth-order valence-electron chi connectivity index (χ4n) is 3.13. The average Bonchev–Trinajstić information content (AvgIpc) is 2.66. The standard InChI is InChI=1S/C20H23NO4S/c1-26(23,24)19-10-12-21(13-11-19)20(22)17-8-5-9-18(14-17)25-15-16-6-3-2-4-7-16/h2-9,14,19H,10-13,15H2,1H3. The summed E-state index contributed by atoms with van der Waals surface area (Å²) in [7, 11) is -3.04.